The number of nitrogens with zero attached hydrogens (tertiary/aromatic N) is 3. The molecule has 1 aromatic heterocycles. The predicted octanol–water partition coefficient (Wildman–Crippen LogP) is 4.95. The normalized spacial score (nSPS) is 14.5. The number of anilines is 1. The average molecular weight is 471 g/mol. The maximum absolute atomic E-state index is 12.9. The van der Waals surface area contributed by atoms with Gasteiger partial charge in [0.15, 0.2) is 0 Å². The van der Waals surface area contributed by atoms with E-state index in [0.717, 1.165) is 44.9 Å². The summed E-state index contributed by atoms with van der Waals surface area (Å²) < 4.78 is 2.02. The Bertz CT molecular complexity index is 1360. The van der Waals surface area contributed by atoms with E-state index < -0.39 is 17.1 Å². The topological polar surface area (TPSA) is 95.2 Å². The fraction of sp³-hybridized carbons (Fsp3) is 0.154. The third-order valence-electron chi connectivity index (χ3n) is 5.52. The molecule has 1 aliphatic rings. The van der Waals surface area contributed by atoms with Crippen molar-refractivity contribution >= 4 is 40.6 Å². The Morgan fingerprint density at radius 1 is 1.06 bits per heavy atom. The van der Waals surface area contributed by atoms with Gasteiger partial charge in [0.2, 0.25) is 5.91 Å². The smallest absolute Gasteiger partial charge is 0.294 e. The van der Waals surface area contributed by atoms with Crippen LogP contribution >= 0.6 is 11.8 Å². The number of hydrogen-bond donors (Lipinski definition) is 1. The molecular weight excluding hydrogens is 448 g/mol. The molecule has 2 heterocycles. The first-order valence-electron chi connectivity index (χ1n) is 10.6. The van der Waals surface area contributed by atoms with E-state index in [9.17, 15) is 14.4 Å². The highest BCUT2D eigenvalue weighted by molar-refractivity contribution is 8.18. The Kier molecular flexibility index (Phi) is 6.39. The molecule has 1 fully saturated rings. The van der Waals surface area contributed by atoms with Crippen molar-refractivity contribution in [1.29, 1.82) is 5.26 Å². The van der Waals surface area contributed by atoms with Crippen LogP contribution in [0.5, 0.6) is 0 Å². The second-order valence-electron chi connectivity index (χ2n) is 8.00. The number of thioether (sulfide) groups is 1. The summed E-state index contributed by atoms with van der Waals surface area (Å²) in [6, 6.07) is 18.5. The SMILES string of the molecule is Cc1ccc(NC(=O)CN2C(=O)SC(=Cc3cc(C)n(-c4ccc(C#N)cc4)c3C)C2=O)cc1. The van der Waals surface area contributed by atoms with E-state index in [0.29, 0.717) is 11.3 Å². The highest BCUT2D eigenvalue weighted by Gasteiger charge is 2.36. The minimum Gasteiger partial charge on any atom is -0.325 e. The van der Waals surface area contributed by atoms with Crippen LogP contribution in [0.3, 0.4) is 0 Å². The van der Waals surface area contributed by atoms with Gasteiger partial charge in [-0.05, 0) is 86.6 Å². The van der Waals surface area contributed by atoms with Gasteiger partial charge in [-0.3, -0.25) is 19.3 Å². The number of carbonyl (C=O) groups is 3. The minimum atomic E-state index is -0.489. The Hall–Kier alpha value is -4.09. The van der Waals surface area contributed by atoms with E-state index in [1.165, 1.54) is 0 Å². The molecule has 1 saturated heterocycles. The zero-order valence-electron chi connectivity index (χ0n) is 19.0. The molecule has 0 aliphatic carbocycles. The van der Waals surface area contributed by atoms with E-state index in [4.69, 9.17) is 5.26 Å². The van der Waals surface area contributed by atoms with Crippen LogP contribution in [0.1, 0.15) is 28.1 Å². The molecule has 0 spiro atoms. The van der Waals surface area contributed by atoms with Crippen LogP contribution in [-0.4, -0.2) is 33.1 Å². The molecule has 8 heteroatoms. The van der Waals surface area contributed by atoms with Crippen LogP contribution in [0, 0.1) is 32.1 Å². The van der Waals surface area contributed by atoms with Crippen molar-refractivity contribution < 1.29 is 14.4 Å². The first-order chi connectivity index (χ1) is 16.3. The molecule has 1 aliphatic heterocycles. The fourth-order valence-electron chi connectivity index (χ4n) is 3.77. The third kappa shape index (κ3) is 4.65. The zero-order valence-corrected chi connectivity index (χ0v) is 19.8. The molecular formula is C26H22N4O3S. The van der Waals surface area contributed by atoms with E-state index in [2.05, 4.69) is 11.4 Å². The molecule has 0 bridgehead atoms. The van der Waals surface area contributed by atoms with Gasteiger partial charge in [0.25, 0.3) is 11.1 Å². The van der Waals surface area contributed by atoms with Crippen LogP contribution in [0.2, 0.25) is 0 Å². The molecule has 0 radical (unpaired) electrons. The van der Waals surface area contributed by atoms with Crippen LogP contribution < -0.4 is 5.32 Å². The molecule has 170 valence electrons. The molecule has 7 nitrogen and oxygen atoms in total. The van der Waals surface area contributed by atoms with Gasteiger partial charge in [0, 0.05) is 22.8 Å². The van der Waals surface area contributed by atoms with Gasteiger partial charge in [-0.2, -0.15) is 5.26 Å². The monoisotopic (exact) mass is 470 g/mol. The Morgan fingerprint density at radius 2 is 1.74 bits per heavy atom. The number of nitrogens with one attached hydrogen (secondary N) is 1. The van der Waals surface area contributed by atoms with Crippen molar-refractivity contribution in [1.82, 2.24) is 9.47 Å². The maximum Gasteiger partial charge on any atom is 0.294 e. The molecule has 3 amide bonds. The standard InChI is InChI=1S/C26H22N4O3S/c1-16-4-8-21(9-5-16)28-24(31)15-29-25(32)23(34-26(29)33)13-20-12-17(2)30(18(20)3)22-10-6-19(14-27)7-11-22/h4-13H,15H2,1-3H3,(H,28,31). The molecule has 1 N–H and O–H groups in total. The van der Waals surface area contributed by atoms with Crippen molar-refractivity contribution in [3.63, 3.8) is 0 Å². The van der Waals surface area contributed by atoms with Gasteiger partial charge in [-0.25, -0.2) is 0 Å². The maximum atomic E-state index is 12.9. The lowest BCUT2D eigenvalue weighted by molar-refractivity contribution is -0.127. The molecule has 3 aromatic rings. The van der Waals surface area contributed by atoms with Crippen LogP contribution in [0.15, 0.2) is 59.5 Å². The van der Waals surface area contributed by atoms with Gasteiger partial charge in [-0.15, -0.1) is 0 Å². The molecule has 0 saturated carbocycles. The summed E-state index contributed by atoms with van der Waals surface area (Å²) in [7, 11) is 0. The second kappa shape index (κ2) is 9.41. The number of aromatic nitrogens is 1. The number of imide groups is 1. The number of aryl methyl sites for hydroxylation is 2. The molecule has 4 rings (SSSR count). The number of rotatable bonds is 5. The Labute approximate surface area is 201 Å². The summed E-state index contributed by atoms with van der Waals surface area (Å²) in [6.07, 6.45) is 1.69. The lowest BCUT2D eigenvalue weighted by atomic mass is 10.2. The van der Waals surface area contributed by atoms with Crippen LogP contribution in [-0.2, 0) is 9.59 Å². The summed E-state index contributed by atoms with van der Waals surface area (Å²) in [5.41, 5.74) is 5.79. The average Bonchev–Trinajstić information content (AvgIpc) is 3.24. The zero-order chi connectivity index (χ0) is 24.4. The summed E-state index contributed by atoms with van der Waals surface area (Å²) in [5, 5.41) is 11.3. The quantitative estimate of drug-likeness (QED) is 0.533. The molecule has 0 atom stereocenters. The summed E-state index contributed by atoms with van der Waals surface area (Å²) in [4.78, 5) is 39.0. The number of nitriles is 1. The second-order valence-corrected chi connectivity index (χ2v) is 9.00. The van der Waals surface area contributed by atoms with Crippen LogP contribution in [0.25, 0.3) is 11.8 Å². The first kappa shape index (κ1) is 23.1. The first-order valence-corrected chi connectivity index (χ1v) is 11.4. The lowest BCUT2D eigenvalue weighted by Crippen LogP contribution is -2.36. The highest BCUT2D eigenvalue weighted by Crippen LogP contribution is 2.33. The van der Waals surface area contributed by atoms with Gasteiger partial charge in [-0.1, -0.05) is 17.7 Å². The molecule has 34 heavy (non-hydrogen) atoms. The Morgan fingerprint density at radius 3 is 2.38 bits per heavy atom. The van der Waals surface area contributed by atoms with Gasteiger partial charge >= 0.3 is 0 Å². The van der Waals surface area contributed by atoms with Gasteiger partial charge < -0.3 is 9.88 Å². The third-order valence-corrected chi connectivity index (χ3v) is 6.43. The van der Waals surface area contributed by atoms with Crippen molar-refractivity contribution in [3.8, 4) is 11.8 Å². The summed E-state index contributed by atoms with van der Waals surface area (Å²) >= 11 is 0.825. The van der Waals surface area contributed by atoms with E-state index in [-0.39, 0.29) is 11.4 Å². The lowest BCUT2D eigenvalue weighted by Gasteiger charge is -2.12. The van der Waals surface area contributed by atoms with Crippen molar-refractivity contribution in [2.24, 2.45) is 0 Å². The van der Waals surface area contributed by atoms with E-state index in [1.807, 2.05) is 55.7 Å². The predicted molar refractivity (Wildman–Crippen MR) is 132 cm³/mol. The summed E-state index contributed by atoms with van der Waals surface area (Å²) in [5.74, 6) is -0.927. The number of carbonyl (C=O) groups excluding carboxylic acids is 3. The van der Waals surface area contributed by atoms with Crippen molar-refractivity contribution in [3.05, 3.63) is 87.6 Å². The minimum absolute atomic E-state index is 0.271. The van der Waals surface area contributed by atoms with Gasteiger partial charge in [0.1, 0.15) is 6.54 Å². The Balaban J connectivity index is 1.52. The van der Waals surface area contributed by atoms with Crippen molar-refractivity contribution in [2.45, 2.75) is 20.8 Å². The van der Waals surface area contributed by atoms with Gasteiger partial charge in [0.05, 0.1) is 16.5 Å². The molecule has 0 unspecified atom stereocenters. The van der Waals surface area contributed by atoms with E-state index >= 15 is 0 Å². The number of benzene rings is 2. The van der Waals surface area contributed by atoms with Crippen molar-refractivity contribution in [2.75, 3.05) is 11.9 Å². The number of amides is 3. The van der Waals surface area contributed by atoms with Crippen LogP contribution in [0.4, 0.5) is 10.5 Å². The molecule has 2 aromatic carbocycles. The largest absolute Gasteiger partial charge is 0.325 e. The van der Waals surface area contributed by atoms with E-state index in [1.54, 1.807) is 30.3 Å². The number of hydrogen-bond acceptors (Lipinski definition) is 5. The highest BCUT2D eigenvalue weighted by atomic mass is 32.2. The fourth-order valence-corrected chi connectivity index (χ4v) is 4.60. The summed E-state index contributed by atoms with van der Waals surface area (Å²) in [6.45, 7) is 5.47.